The van der Waals surface area contributed by atoms with E-state index in [-0.39, 0.29) is 0 Å². The van der Waals surface area contributed by atoms with Crippen LogP contribution in [0.4, 0.5) is 5.69 Å². The summed E-state index contributed by atoms with van der Waals surface area (Å²) in [7, 11) is 0. The highest BCUT2D eigenvalue weighted by Gasteiger charge is 2.04. The molecule has 0 fully saturated rings. The molecule has 0 bridgehead atoms. The van der Waals surface area contributed by atoms with Crippen molar-refractivity contribution in [2.75, 3.05) is 5.73 Å². The van der Waals surface area contributed by atoms with Crippen LogP contribution in [-0.4, -0.2) is 4.98 Å². The standard InChI is InChI=1S/C9H6BrClN2/c10-7-4-13-8-2-1-5(12)3-6(8)9(7)11/h1-4H,12H2. The fraction of sp³-hybridized carbons (Fsp3) is 0. The minimum atomic E-state index is 0.650. The highest BCUT2D eigenvalue weighted by molar-refractivity contribution is 9.10. The number of pyridine rings is 1. The van der Waals surface area contributed by atoms with E-state index < -0.39 is 0 Å². The van der Waals surface area contributed by atoms with Crippen LogP contribution in [0, 0.1) is 0 Å². The summed E-state index contributed by atoms with van der Waals surface area (Å²) in [5.74, 6) is 0. The predicted octanol–water partition coefficient (Wildman–Crippen LogP) is 3.23. The van der Waals surface area contributed by atoms with E-state index in [2.05, 4.69) is 20.9 Å². The lowest BCUT2D eigenvalue weighted by Crippen LogP contribution is -1.86. The Kier molecular flexibility index (Phi) is 2.14. The second-order valence-corrected chi connectivity index (χ2v) is 3.93. The minimum absolute atomic E-state index is 0.650. The summed E-state index contributed by atoms with van der Waals surface area (Å²) in [6.45, 7) is 0. The number of fused-ring (bicyclic) bond motifs is 1. The summed E-state index contributed by atoms with van der Waals surface area (Å²) in [5.41, 5.74) is 7.18. The molecule has 0 atom stereocenters. The maximum atomic E-state index is 6.06. The van der Waals surface area contributed by atoms with Gasteiger partial charge >= 0.3 is 0 Å². The molecule has 1 aromatic carbocycles. The van der Waals surface area contributed by atoms with E-state index in [1.54, 1.807) is 12.3 Å². The zero-order valence-corrected chi connectivity index (χ0v) is 8.93. The van der Waals surface area contributed by atoms with Gasteiger partial charge in [-0.3, -0.25) is 4.98 Å². The third-order valence-corrected chi connectivity index (χ3v) is 3.02. The number of nitrogen functional groups attached to an aromatic ring is 1. The van der Waals surface area contributed by atoms with Gasteiger partial charge in [-0.15, -0.1) is 0 Å². The first-order valence-electron chi connectivity index (χ1n) is 3.68. The van der Waals surface area contributed by atoms with Gasteiger partial charge < -0.3 is 5.73 Å². The number of aromatic nitrogens is 1. The van der Waals surface area contributed by atoms with Gasteiger partial charge in [0.15, 0.2) is 0 Å². The van der Waals surface area contributed by atoms with Crippen LogP contribution in [0.1, 0.15) is 0 Å². The SMILES string of the molecule is Nc1ccc2ncc(Br)c(Cl)c2c1. The highest BCUT2D eigenvalue weighted by atomic mass is 79.9. The van der Waals surface area contributed by atoms with E-state index >= 15 is 0 Å². The lowest BCUT2D eigenvalue weighted by atomic mass is 10.2. The summed E-state index contributed by atoms with van der Waals surface area (Å²) in [5, 5.41) is 1.52. The van der Waals surface area contributed by atoms with Crippen molar-refractivity contribution in [3.8, 4) is 0 Å². The van der Waals surface area contributed by atoms with Crippen molar-refractivity contribution in [2.24, 2.45) is 0 Å². The number of benzene rings is 1. The monoisotopic (exact) mass is 256 g/mol. The molecule has 1 aromatic heterocycles. The first-order valence-corrected chi connectivity index (χ1v) is 4.85. The molecule has 13 heavy (non-hydrogen) atoms. The largest absolute Gasteiger partial charge is 0.399 e. The van der Waals surface area contributed by atoms with Gasteiger partial charge in [0.05, 0.1) is 15.0 Å². The molecule has 0 saturated heterocycles. The van der Waals surface area contributed by atoms with Crippen LogP contribution >= 0.6 is 27.5 Å². The number of nitrogens with two attached hydrogens (primary N) is 1. The lowest BCUT2D eigenvalue weighted by molar-refractivity contribution is 1.39. The van der Waals surface area contributed by atoms with Crippen molar-refractivity contribution < 1.29 is 0 Å². The van der Waals surface area contributed by atoms with Crippen molar-refractivity contribution >= 4 is 44.1 Å². The smallest absolute Gasteiger partial charge is 0.0719 e. The Bertz CT molecular complexity index is 465. The van der Waals surface area contributed by atoms with Crippen LogP contribution in [0.15, 0.2) is 28.9 Å². The fourth-order valence-corrected chi connectivity index (χ4v) is 1.67. The lowest BCUT2D eigenvalue weighted by Gasteiger charge is -2.02. The third kappa shape index (κ3) is 1.49. The van der Waals surface area contributed by atoms with Crippen LogP contribution in [-0.2, 0) is 0 Å². The molecule has 2 N–H and O–H groups in total. The molecule has 66 valence electrons. The van der Waals surface area contributed by atoms with E-state index in [9.17, 15) is 0 Å². The molecular weight excluding hydrogens is 251 g/mol. The molecule has 0 aliphatic carbocycles. The van der Waals surface area contributed by atoms with Crippen molar-refractivity contribution in [2.45, 2.75) is 0 Å². The number of nitrogens with zero attached hydrogens (tertiary/aromatic N) is 1. The average Bonchev–Trinajstić information content (AvgIpc) is 2.12. The van der Waals surface area contributed by atoms with Crippen molar-refractivity contribution in [3.05, 3.63) is 33.9 Å². The van der Waals surface area contributed by atoms with Gasteiger partial charge in [-0.2, -0.15) is 0 Å². The maximum Gasteiger partial charge on any atom is 0.0719 e. The van der Waals surface area contributed by atoms with Gasteiger partial charge in [-0.05, 0) is 34.1 Å². The molecule has 0 amide bonds. The molecular formula is C9H6BrClN2. The zero-order valence-electron chi connectivity index (χ0n) is 6.59. The number of rotatable bonds is 0. The second kappa shape index (κ2) is 3.16. The number of halogens is 2. The Morgan fingerprint density at radius 1 is 1.38 bits per heavy atom. The first-order chi connectivity index (χ1) is 6.18. The molecule has 1 heterocycles. The average molecular weight is 258 g/mol. The zero-order chi connectivity index (χ0) is 9.42. The molecule has 0 spiro atoms. The second-order valence-electron chi connectivity index (χ2n) is 2.70. The molecule has 2 rings (SSSR count). The number of anilines is 1. The molecule has 2 nitrogen and oxygen atoms in total. The quantitative estimate of drug-likeness (QED) is 0.736. The summed E-state index contributed by atoms with van der Waals surface area (Å²) in [6.07, 6.45) is 1.68. The van der Waals surface area contributed by atoms with E-state index in [1.165, 1.54) is 0 Å². The van der Waals surface area contributed by atoms with E-state index in [0.29, 0.717) is 10.7 Å². The summed E-state index contributed by atoms with van der Waals surface area (Å²) in [4.78, 5) is 4.20. The van der Waals surface area contributed by atoms with Gasteiger partial charge in [0.2, 0.25) is 0 Å². The van der Waals surface area contributed by atoms with Crippen LogP contribution in [0.3, 0.4) is 0 Å². The summed E-state index contributed by atoms with van der Waals surface area (Å²) in [6, 6.07) is 5.47. The molecule has 4 heteroatoms. The fourth-order valence-electron chi connectivity index (χ4n) is 1.15. The Balaban J connectivity index is 2.89. The Morgan fingerprint density at radius 2 is 2.15 bits per heavy atom. The molecule has 0 radical (unpaired) electrons. The van der Waals surface area contributed by atoms with Gasteiger partial charge in [0.1, 0.15) is 0 Å². The van der Waals surface area contributed by atoms with E-state index in [4.69, 9.17) is 17.3 Å². The van der Waals surface area contributed by atoms with Crippen LogP contribution in [0.5, 0.6) is 0 Å². The topological polar surface area (TPSA) is 38.9 Å². The summed E-state index contributed by atoms with van der Waals surface area (Å²) < 4.78 is 0.785. The Labute approximate surface area is 88.8 Å². The highest BCUT2D eigenvalue weighted by Crippen LogP contribution is 2.30. The predicted molar refractivity (Wildman–Crippen MR) is 58.9 cm³/mol. The van der Waals surface area contributed by atoms with Crippen molar-refractivity contribution in [1.82, 2.24) is 4.98 Å². The van der Waals surface area contributed by atoms with Crippen LogP contribution < -0.4 is 5.73 Å². The van der Waals surface area contributed by atoms with E-state index in [1.807, 2.05) is 12.1 Å². The maximum absolute atomic E-state index is 6.06. The molecule has 0 saturated carbocycles. The van der Waals surface area contributed by atoms with E-state index in [0.717, 1.165) is 15.4 Å². The van der Waals surface area contributed by atoms with Gasteiger partial charge in [0.25, 0.3) is 0 Å². The third-order valence-electron chi connectivity index (χ3n) is 1.78. The van der Waals surface area contributed by atoms with Gasteiger partial charge in [-0.1, -0.05) is 11.6 Å². The first kappa shape index (κ1) is 8.78. The molecule has 0 aliphatic heterocycles. The number of hydrogen-bond acceptors (Lipinski definition) is 2. The van der Waals surface area contributed by atoms with Crippen molar-refractivity contribution in [3.63, 3.8) is 0 Å². The summed E-state index contributed by atoms with van der Waals surface area (Å²) >= 11 is 9.36. The van der Waals surface area contributed by atoms with Crippen molar-refractivity contribution in [1.29, 1.82) is 0 Å². The Morgan fingerprint density at radius 3 is 2.92 bits per heavy atom. The van der Waals surface area contributed by atoms with Gasteiger partial charge in [-0.25, -0.2) is 0 Å². The minimum Gasteiger partial charge on any atom is -0.399 e. The normalized spacial score (nSPS) is 10.6. The molecule has 0 unspecified atom stereocenters. The number of hydrogen-bond donors (Lipinski definition) is 1. The molecule has 0 aliphatic rings. The van der Waals surface area contributed by atoms with Gasteiger partial charge in [0, 0.05) is 17.3 Å². The molecule has 2 aromatic rings. The van der Waals surface area contributed by atoms with Crippen LogP contribution in [0.25, 0.3) is 10.9 Å². The van der Waals surface area contributed by atoms with Crippen LogP contribution in [0.2, 0.25) is 5.02 Å². The Hall–Kier alpha value is -0.800.